The van der Waals surface area contributed by atoms with Gasteiger partial charge in [-0.3, -0.25) is 4.79 Å². The monoisotopic (exact) mass is 294 g/mol. The predicted molar refractivity (Wildman–Crippen MR) is 94.3 cm³/mol. The minimum absolute atomic E-state index is 0.725. The Morgan fingerprint density at radius 3 is 1.86 bits per heavy atom. The van der Waals surface area contributed by atoms with Crippen LogP contribution in [0, 0.1) is 0 Å². The number of benzene rings is 2. The molecule has 0 amide bonds. The lowest BCUT2D eigenvalue weighted by Gasteiger charge is -2.05. The Balaban J connectivity index is 1.83. The van der Waals surface area contributed by atoms with Crippen molar-refractivity contribution in [3.63, 3.8) is 0 Å². The van der Waals surface area contributed by atoms with Gasteiger partial charge in [0.2, 0.25) is 0 Å². The first-order valence-corrected chi connectivity index (χ1v) is 8.48. The molecule has 1 heteroatoms. The largest absolute Gasteiger partial charge is 0.298 e. The molecule has 0 heterocycles. The van der Waals surface area contributed by atoms with Gasteiger partial charge in [0.1, 0.15) is 6.29 Å². The zero-order valence-electron chi connectivity index (χ0n) is 13.6. The fourth-order valence-corrected chi connectivity index (χ4v) is 2.73. The molecule has 2 aromatic carbocycles. The van der Waals surface area contributed by atoms with E-state index < -0.39 is 0 Å². The molecule has 0 aromatic heterocycles. The molecule has 1 nitrogen and oxygen atoms in total. The van der Waals surface area contributed by atoms with Crippen LogP contribution in [-0.4, -0.2) is 6.29 Å². The standard InChI is InChI=1S/C21H26O/c1-2-3-4-5-6-7-8-18-9-13-20(14-10-18)21-15-11-19(17-22)12-16-21/h9-17H,2-8H2,1H3. The summed E-state index contributed by atoms with van der Waals surface area (Å²) in [4.78, 5) is 10.7. The zero-order valence-corrected chi connectivity index (χ0v) is 13.6. The molecule has 0 spiro atoms. The van der Waals surface area contributed by atoms with Crippen LogP contribution in [-0.2, 0) is 6.42 Å². The maximum Gasteiger partial charge on any atom is 0.150 e. The van der Waals surface area contributed by atoms with Crippen LogP contribution in [0.25, 0.3) is 11.1 Å². The Morgan fingerprint density at radius 1 is 0.727 bits per heavy atom. The van der Waals surface area contributed by atoms with Crippen LogP contribution in [0.2, 0.25) is 0 Å². The molecule has 0 aliphatic carbocycles. The van der Waals surface area contributed by atoms with Gasteiger partial charge in [-0.15, -0.1) is 0 Å². The molecule has 0 radical (unpaired) electrons. The smallest absolute Gasteiger partial charge is 0.150 e. The highest BCUT2D eigenvalue weighted by Crippen LogP contribution is 2.21. The maximum absolute atomic E-state index is 10.7. The molecular weight excluding hydrogens is 268 g/mol. The minimum atomic E-state index is 0.725. The lowest BCUT2D eigenvalue weighted by molar-refractivity contribution is 0.112. The van der Waals surface area contributed by atoms with E-state index >= 15 is 0 Å². The summed E-state index contributed by atoms with van der Waals surface area (Å²) in [6.07, 6.45) is 10.1. The van der Waals surface area contributed by atoms with Crippen molar-refractivity contribution in [3.8, 4) is 11.1 Å². The summed E-state index contributed by atoms with van der Waals surface area (Å²) >= 11 is 0. The SMILES string of the molecule is CCCCCCCCc1ccc(-c2ccc(C=O)cc2)cc1. The van der Waals surface area contributed by atoms with E-state index in [9.17, 15) is 4.79 Å². The van der Waals surface area contributed by atoms with Crippen LogP contribution in [0.5, 0.6) is 0 Å². The summed E-state index contributed by atoms with van der Waals surface area (Å²) in [7, 11) is 0. The van der Waals surface area contributed by atoms with Crippen LogP contribution in [0.3, 0.4) is 0 Å². The molecular formula is C21H26O. The van der Waals surface area contributed by atoms with E-state index in [0.29, 0.717) is 0 Å². The molecule has 0 atom stereocenters. The van der Waals surface area contributed by atoms with Crippen molar-refractivity contribution in [2.24, 2.45) is 0 Å². The van der Waals surface area contributed by atoms with E-state index in [4.69, 9.17) is 0 Å². The number of unbranched alkanes of at least 4 members (excludes halogenated alkanes) is 5. The number of aryl methyl sites for hydroxylation is 1. The number of hydrogen-bond donors (Lipinski definition) is 0. The Hall–Kier alpha value is -1.89. The van der Waals surface area contributed by atoms with Crippen molar-refractivity contribution in [2.45, 2.75) is 51.9 Å². The third-order valence-electron chi connectivity index (χ3n) is 4.15. The van der Waals surface area contributed by atoms with E-state index in [1.54, 1.807) is 0 Å². The Labute approximate surface area is 134 Å². The summed E-state index contributed by atoms with van der Waals surface area (Å²) < 4.78 is 0. The van der Waals surface area contributed by atoms with Gasteiger partial charge in [-0.05, 0) is 29.5 Å². The molecule has 0 fully saturated rings. The summed E-state index contributed by atoms with van der Waals surface area (Å²) in [6, 6.07) is 16.6. The first-order valence-electron chi connectivity index (χ1n) is 8.48. The molecule has 0 saturated carbocycles. The van der Waals surface area contributed by atoms with Crippen molar-refractivity contribution in [1.82, 2.24) is 0 Å². The summed E-state index contributed by atoms with van der Waals surface area (Å²) in [6.45, 7) is 2.26. The van der Waals surface area contributed by atoms with Crippen LogP contribution in [0.4, 0.5) is 0 Å². The minimum Gasteiger partial charge on any atom is -0.298 e. The normalized spacial score (nSPS) is 10.6. The second-order valence-corrected chi connectivity index (χ2v) is 5.95. The zero-order chi connectivity index (χ0) is 15.6. The summed E-state index contributed by atoms with van der Waals surface area (Å²) in [5.41, 5.74) is 4.52. The Bertz CT molecular complexity index is 551. The molecule has 0 aliphatic heterocycles. The van der Waals surface area contributed by atoms with Gasteiger partial charge in [-0.25, -0.2) is 0 Å². The molecule has 2 aromatic rings. The second kappa shape index (κ2) is 9.19. The average Bonchev–Trinajstić information content (AvgIpc) is 2.59. The van der Waals surface area contributed by atoms with E-state index in [-0.39, 0.29) is 0 Å². The highest BCUT2D eigenvalue weighted by atomic mass is 16.1. The van der Waals surface area contributed by atoms with Gasteiger partial charge >= 0.3 is 0 Å². The van der Waals surface area contributed by atoms with Crippen molar-refractivity contribution in [2.75, 3.05) is 0 Å². The molecule has 0 aliphatic rings. The number of carbonyl (C=O) groups is 1. The van der Waals surface area contributed by atoms with Crippen LogP contribution in [0.1, 0.15) is 61.4 Å². The first-order chi connectivity index (χ1) is 10.8. The lowest BCUT2D eigenvalue weighted by atomic mass is 10.00. The number of carbonyl (C=O) groups excluding carboxylic acids is 1. The van der Waals surface area contributed by atoms with Gasteiger partial charge in [0.25, 0.3) is 0 Å². The van der Waals surface area contributed by atoms with Gasteiger partial charge in [0, 0.05) is 5.56 Å². The molecule has 22 heavy (non-hydrogen) atoms. The van der Waals surface area contributed by atoms with Gasteiger partial charge < -0.3 is 0 Å². The van der Waals surface area contributed by atoms with Crippen molar-refractivity contribution < 1.29 is 4.79 Å². The van der Waals surface area contributed by atoms with Crippen molar-refractivity contribution in [3.05, 3.63) is 59.7 Å². The van der Waals surface area contributed by atoms with E-state index in [1.807, 2.05) is 24.3 Å². The lowest BCUT2D eigenvalue weighted by Crippen LogP contribution is -1.87. The predicted octanol–water partition coefficient (Wildman–Crippen LogP) is 6.07. The van der Waals surface area contributed by atoms with Crippen molar-refractivity contribution in [1.29, 1.82) is 0 Å². The van der Waals surface area contributed by atoms with E-state index in [0.717, 1.165) is 17.4 Å². The molecule has 0 unspecified atom stereocenters. The van der Waals surface area contributed by atoms with Crippen molar-refractivity contribution >= 4 is 6.29 Å². The summed E-state index contributed by atoms with van der Waals surface area (Å²) in [5, 5.41) is 0. The number of hydrogen-bond acceptors (Lipinski definition) is 1. The van der Waals surface area contributed by atoms with Crippen LogP contribution in [0.15, 0.2) is 48.5 Å². The number of aldehydes is 1. The average molecular weight is 294 g/mol. The highest BCUT2D eigenvalue weighted by Gasteiger charge is 1.99. The first kappa shape index (κ1) is 16.5. The third kappa shape index (κ3) is 5.14. The topological polar surface area (TPSA) is 17.1 Å². The van der Waals surface area contributed by atoms with Gasteiger partial charge in [0.05, 0.1) is 0 Å². The molecule has 2 rings (SSSR count). The Kier molecular flexibility index (Phi) is 6.89. The summed E-state index contributed by atoms with van der Waals surface area (Å²) in [5.74, 6) is 0. The quantitative estimate of drug-likeness (QED) is 0.405. The van der Waals surface area contributed by atoms with E-state index in [2.05, 4.69) is 31.2 Å². The molecule has 0 saturated heterocycles. The molecule has 116 valence electrons. The maximum atomic E-state index is 10.7. The fourth-order valence-electron chi connectivity index (χ4n) is 2.73. The highest BCUT2D eigenvalue weighted by molar-refractivity contribution is 5.76. The number of rotatable bonds is 9. The van der Waals surface area contributed by atoms with Gasteiger partial charge in [0.15, 0.2) is 0 Å². The Morgan fingerprint density at radius 2 is 1.27 bits per heavy atom. The molecule has 0 bridgehead atoms. The second-order valence-electron chi connectivity index (χ2n) is 5.95. The van der Waals surface area contributed by atoms with E-state index in [1.165, 1.54) is 56.1 Å². The third-order valence-corrected chi connectivity index (χ3v) is 4.15. The molecule has 0 N–H and O–H groups in total. The fraction of sp³-hybridized carbons (Fsp3) is 0.381. The van der Waals surface area contributed by atoms with Crippen LogP contribution < -0.4 is 0 Å². The van der Waals surface area contributed by atoms with Crippen LogP contribution >= 0.6 is 0 Å². The van der Waals surface area contributed by atoms with Gasteiger partial charge in [-0.1, -0.05) is 87.6 Å². The van der Waals surface area contributed by atoms with Gasteiger partial charge in [-0.2, -0.15) is 0 Å².